The molecule has 0 amide bonds. The molecule has 0 radical (unpaired) electrons. The van der Waals surface area contributed by atoms with Gasteiger partial charge in [-0.25, -0.2) is 0 Å². The molecule has 0 atom stereocenters. The van der Waals surface area contributed by atoms with Crippen molar-refractivity contribution in [2.45, 2.75) is 13.3 Å². The largest absolute Gasteiger partial charge is 0.491 e. The van der Waals surface area contributed by atoms with E-state index in [-0.39, 0.29) is 5.97 Å². The van der Waals surface area contributed by atoms with Crippen LogP contribution in [0.4, 0.5) is 0 Å². The molecule has 0 spiro atoms. The van der Waals surface area contributed by atoms with E-state index in [0.717, 1.165) is 6.54 Å². The fraction of sp³-hybridized carbons (Fsp3) is 0.500. The number of benzene rings is 1. The lowest BCUT2D eigenvalue weighted by molar-refractivity contribution is -0.143. The smallest absolute Gasteiger partial charge is 0.307 e. The number of nitrogens with zero attached hydrogens (tertiary/aromatic N) is 1. The van der Waals surface area contributed by atoms with Crippen LogP contribution >= 0.6 is 11.6 Å². The number of carbonyl (C=O) groups excluding carboxylic acids is 1. The highest BCUT2D eigenvalue weighted by Gasteiger charge is 2.05. The number of hydrogen-bond acceptors (Lipinski definition) is 4. The average molecular weight is 286 g/mol. The monoisotopic (exact) mass is 285 g/mol. The number of para-hydroxylation sites is 1. The van der Waals surface area contributed by atoms with Gasteiger partial charge in [-0.05, 0) is 26.1 Å². The number of rotatable bonds is 8. The van der Waals surface area contributed by atoms with Crippen molar-refractivity contribution in [2.24, 2.45) is 0 Å². The van der Waals surface area contributed by atoms with Crippen LogP contribution < -0.4 is 4.74 Å². The maximum Gasteiger partial charge on any atom is 0.307 e. The van der Waals surface area contributed by atoms with E-state index in [1.807, 2.05) is 30.1 Å². The summed E-state index contributed by atoms with van der Waals surface area (Å²) in [5, 5.41) is 0.608. The van der Waals surface area contributed by atoms with E-state index >= 15 is 0 Å². The van der Waals surface area contributed by atoms with Crippen molar-refractivity contribution in [3.05, 3.63) is 29.3 Å². The lowest BCUT2D eigenvalue weighted by Gasteiger charge is -2.16. The molecule has 0 heterocycles. The first-order valence-electron chi connectivity index (χ1n) is 6.35. The first kappa shape index (κ1) is 15.8. The maximum atomic E-state index is 11.2. The molecule has 106 valence electrons. The van der Waals surface area contributed by atoms with Crippen LogP contribution in [0.2, 0.25) is 5.02 Å². The summed E-state index contributed by atoms with van der Waals surface area (Å²) in [4.78, 5) is 13.2. The molecule has 4 nitrogen and oxygen atoms in total. The summed E-state index contributed by atoms with van der Waals surface area (Å²) in [5.74, 6) is 0.518. The highest BCUT2D eigenvalue weighted by atomic mass is 35.5. The summed E-state index contributed by atoms with van der Waals surface area (Å²) in [6.45, 7) is 4.15. The number of halogens is 1. The molecular weight excluding hydrogens is 266 g/mol. The average Bonchev–Trinajstić information content (AvgIpc) is 2.39. The van der Waals surface area contributed by atoms with Crippen LogP contribution in [0, 0.1) is 0 Å². The molecule has 0 fully saturated rings. The van der Waals surface area contributed by atoms with Crippen LogP contribution in [0.1, 0.15) is 13.3 Å². The number of likely N-dealkylation sites (N-methyl/N-ethyl adjacent to an activating group) is 1. The van der Waals surface area contributed by atoms with Crippen LogP contribution in [0.15, 0.2) is 24.3 Å². The van der Waals surface area contributed by atoms with E-state index in [0.29, 0.717) is 37.0 Å². The Morgan fingerprint density at radius 3 is 2.74 bits per heavy atom. The van der Waals surface area contributed by atoms with Gasteiger partial charge < -0.3 is 14.4 Å². The van der Waals surface area contributed by atoms with Gasteiger partial charge in [0.05, 0.1) is 18.1 Å². The number of esters is 1. The van der Waals surface area contributed by atoms with E-state index in [2.05, 4.69) is 0 Å². The fourth-order valence-corrected chi connectivity index (χ4v) is 1.69. The summed E-state index contributed by atoms with van der Waals surface area (Å²) >= 11 is 5.98. The second-order valence-electron chi connectivity index (χ2n) is 4.14. The highest BCUT2D eigenvalue weighted by molar-refractivity contribution is 6.32. The van der Waals surface area contributed by atoms with E-state index in [9.17, 15) is 4.79 Å². The maximum absolute atomic E-state index is 11.2. The fourth-order valence-electron chi connectivity index (χ4n) is 1.50. The summed E-state index contributed by atoms with van der Waals surface area (Å²) in [5.41, 5.74) is 0. The van der Waals surface area contributed by atoms with Crippen LogP contribution in [-0.4, -0.2) is 44.2 Å². The van der Waals surface area contributed by atoms with Gasteiger partial charge in [0.15, 0.2) is 0 Å². The Hall–Kier alpha value is -1.26. The van der Waals surface area contributed by atoms with Crippen molar-refractivity contribution in [1.82, 2.24) is 4.90 Å². The van der Waals surface area contributed by atoms with Crippen LogP contribution in [0.25, 0.3) is 0 Å². The van der Waals surface area contributed by atoms with Gasteiger partial charge in [-0.3, -0.25) is 4.79 Å². The van der Waals surface area contributed by atoms with E-state index < -0.39 is 0 Å². The molecule has 0 aromatic heterocycles. The summed E-state index contributed by atoms with van der Waals surface area (Å²) in [6, 6.07) is 7.37. The third-order valence-corrected chi connectivity index (χ3v) is 2.88. The molecule has 0 aliphatic carbocycles. The Kier molecular flexibility index (Phi) is 7.30. The number of ether oxygens (including phenoxy) is 2. The minimum absolute atomic E-state index is 0.165. The van der Waals surface area contributed by atoms with E-state index in [1.54, 1.807) is 13.0 Å². The topological polar surface area (TPSA) is 38.8 Å². The van der Waals surface area contributed by atoms with Gasteiger partial charge in [0.2, 0.25) is 0 Å². The Bertz CT molecular complexity index is 398. The Morgan fingerprint density at radius 1 is 1.32 bits per heavy atom. The molecule has 1 rings (SSSR count). The molecule has 0 aliphatic rings. The molecule has 0 bridgehead atoms. The molecule has 0 aliphatic heterocycles. The van der Waals surface area contributed by atoms with Gasteiger partial charge in [-0.2, -0.15) is 0 Å². The molecule has 0 saturated carbocycles. The molecule has 5 heteroatoms. The van der Waals surface area contributed by atoms with Crippen molar-refractivity contribution in [1.29, 1.82) is 0 Å². The SMILES string of the molecule is CCOC(=O)CCN(C)CCOc1ccccc1Cl. The molecule has 0 saturated heterocycles. The lowest BCUT2D eigenvalue weighted by Crippen LogP contribution is -2.27. The lowest BCUT2D eigenvalue weighted by atomic mass is 10.3. The van der Waals surface area contributed by atoms with Gasteiger partial charge >= 0.3 is 5.97 Å². The Labute approximate surface area is 119 Å². The predicted molar refractivity (Wildman–Crippen MR) is 75.7 cm³/mol. The van der Waals surface area contributed by atoms with Crippen LogP contribution in [0.3, 0.4) is 0 Å². The van der Waals surface area contributed by atoms with Crippen molar-refractivity contribution in [3.8, 4) is 5.75 Å². The zero-order valence-corrected chi connectivity index (χ0v) is 12.2. The van der Waals surface area contributed by atoms with Gasteiger partial charge in [0, 0.05) is 13.1 Å². The summed E-state index contributed by atoms with van der Waals surface area (Å²) < 4.78 is 10.4. The summed E-state index contributed by atoms with van der Waals surface area (Å²) in [7, 11) is 1.94. The quantitative estimate of drug-likeness (QED) is 0.688. The molecular formula is C14H20ClNO3. The standard InChI is InChI=1S/C14H20ClNO3/c1-3-18-14(17)8-9-16(2)10-11-19-13-7-5-4-6-12(13)15/h4-7H,3,8-11H2,1-2H3. The number of carbonyl (C=O) groups is 1. The Morgan fingerprint density at radius 2 is 2.05 bits per heavy atom. The highest BCUT2D eigenvalue weighted by Crippen LogP contribution is 2.22. The third kappa shape index (κ3) is 6.45. The van der Waals surface area contributed by atoms with Crippen molar-refractivity contribution < 1.29 is 14.3 Å². The predicted octanol–water partition coefficient (Wildman–Crippen LogP) is 2.60. The minimum Gasteiger partial charge on any atom is -0.491 e. The van der Waals surface area contributed by atoms with Gasteiger partial charge in [-0.1, -0.05) is 23.7 Å². The summed E-state index contributed by atoms with van der Waals surface area (Å²) in [6.07, 6.45) is 0.399. The number of hydrogen-bond donors (Lipinski definition) is 0. The molecule has 1 aromatic carbocycles. The van der Waals surface area contributed by atoms with Crippen molar-refractivity contribution in [3.63, 3.8) is 0 Å². The Balaban J connectivity index is 2.18. The van der Waals surface area contributed by atoms with Crippen LogP contribution in [-0.2, 0) is 9.53 Å². The molecule has 0 unspecified atom stereocenters. The minimum atomic E-state index is -0.165. The van der Waals surface area contributed by atoms with E-state index in [1.165, 1.54) is 0 Å². The van der Waals surface area contributed by atoms with Gasteiger partial charge in [0.25, 0.3) is 0 Å². The van der Waals surface area contributed by atoms with Gasteiger partial charge in [-0.15, -0.1) is 0 Å². The van der Waals surface area contributed by atoms with E-state index in [4.69, 9.17) is 21.1 Å². The van der Waals surface area contributed by atoms with Crippen LogP contribution in [0.5, 0.6) is 5.75 Å². The third-order valence-electron chi connectivity index (χ3n) is 2.57. The molecule has 0 N–H and O–H groups in total. The second-order valence-corrected chi connectivity index (χ2v) is 4.54. The van der Waals surface area contributed by atoms with Crippen molar-refractivity contribution >= 4 is 17.6 Å². The normalized spacial score (nSPS) is 10.5. The van der Waals surface area contributed by atoms with Crippen molar-refractivity contribution in [2.75, 3.05) is 33.4 Å². The zero-order chi connectivity index (χ0) is 14.1. The molecule has 19 heavy (non-hydrogen) atoms. The first-order valence-corrected chi connectivity index (χ1v) is 6.72. The second kappa shape index (κ2) is 8.77. The van der Waals surface area contributed by atoms with Gasteiger partial charge in [0.1, 0.15) is 12.4 Å². The first-order chi connectivity index (χ1) is 9.13. The zero-order valence-electron chi connectivity index (χ0n) is 11.4. The molecule has 1 aromatic rings.